The van der Waals surface area contributed by atoms with Gasteiger partial charge in [-0.05, 0) is 54.0 Å². The van der Waals surface area contributed by atoms with E-state index >= 15 is 0 Å². The monoisotopic (exact) mass is 450 g/mol. The summed E-state index contributed by atoms with van der Waals surface area (Å²) in [6.07, 6.45) is 2.35. The fraction of sp³-hybridized carbons (Fsp3) is 0.321. The number of nitrogens with two attached hydrogens (primary N) is 1. The average molecular weight is 451 g/mol. The van der Waals surface area contributed by atoms with E-state index < -0.39 is 11.3 Å². The second kappa shape index (κ2) is 9.34. The van der Waals surface area contributed by atoms with Gasteiger partial charge in [0.15, 0.2) is 16.9 Å². The molecular formula is C28H26N4O2. The van der Waals surface area contributed by atoms with Crippen molar-refractivity contribution in [2.45, 2.75) is 38.7 Å². The van der Waals surface area contributed by atoms with E-state index in [9.17, 15) is 15.8 Å². The lowest BCUT2D eigenvalue weighted by molar-refractivity contribution is 0.284. The molecule has 0 heterocycles. The molecule has 2 N–H and O–H groups in total. The predicted octanol–water partition coefficient (Wildman–Crippen LogP) is 5.26. The summed E-state index contributed by atoms with van der Waals surface area (Å²) in [5.41, 5.74) is 8.66. The van der Waals surface area contributed by atoms with Crippen molar-refractivity contribution in [3.05, 3.63) is 82.1 Å². The van der Waals surface area contributed by atoms with Crippen molar-refractivity contribution < 1.29 is 9.47 Å². The Morgan fingerprint density at radius 1 is 1.06 bits per heavy atom. The molecule has 0 saturated heterocycles. The van der Waals surface area contributed by atoms with E-state index in [1.807, 2.05) is 48.5 Å². The Hall–Kier alpha value is -4.21. The molecule has 0 aromatic heterocycles. The summed E-state index contributed by atoms with van der Waals surface area (Å²) >= 11 is 0. The number of benzene rings is 2. The number of nitriles is 3. The Kier molecular flexibility index (Phi) is 6.31. The molecule has 0 saturated carbocycles. The van der Waals surface area contributed by atoms with Crippen molar-refractivity contribution in [2.75, 3.05) is 7.11 Å². The number of hydrogen-bond acceptors (Lipinski definition) is 6. The molecule has 34 heavy (non-hydrogen) atoms. The first-order valence-electron chi connectivity index (χ1n) is 11.3. The highest BCUT2D eigenvalue weighted by Gasteiger charge is 2.51. The maximum atomic E-state index is 10.2. The van der Waals surface area contributed by atoms with Crippen molar-refractivity contribution in [1.29, 1.82) is 15.8 Å². The Bertz CT molecular complexity index is 1270. The molecule has 6 heteroatoms. The number of rotatable bonds is 5. The Labute approximate surface area is 200 Å². The van der Waals surface area contributed by atoms with Crippen molar-refractivity contribution >= 4 is 0 Å². The van der Waals surface area contributed by atoms with E-state index in [-0.39, 0.29) is 11.3 Å². The minimum Gasteiger partial charge on any atom is -0.493 e. The van der Waals surface area contributed by atoms with Crippen LogP contribution >= 0.6 is 0 Å². The molecule has 0 aliphatic heterocycles. The molecule has 2 aliphatic carbocycles. The topological polar surface area (TPSA) is 116 Å². The van der Waals surface area contributed by atoms with Gasteiger partial charge in [-0.3, -0.25) is 0 Å². The molecule has 2 aliphatic rings. The van der Waals surface area contributed by atoms with Crippen LogP contribution in [-0.2, 0) is 6.61 Å². The molecule has 0 bridgehead atoms. The lowest BCUT2D eigenvalue weighted by Gasteiger charge is -2.41. The molecule has 170 valence electrons. The van der Waals surface area contributed by atoms with Crippen LogP contribution in [0.25, 0.3) is 0 Å². The van der Waals surface area contributed by atoms with E-state index in [1.165, 1.54) is 0 Å². The lowest BCUT2D eigenvalue weighted by Crippen LogP contribution is -2.39. The van der Waals surface area contributed by atoms with E-state index in [0.717, 1.165) is 28.7 Å². The molecule has 0 spiro atoms. The summed E-state index contributed by atoms with van der Waals surface area (Å²) in [6, 6.07) is 21.8. The summed E-state index contributed by atoms with van der Waals surface area (Å²) in [5.74, 6) is 0.871. The first-order chi connectivity index (χ1) is 16.5. The third-order valence-electron chi connectivity index (χ3n) is 6.84. The Balaban J connectivity index is 1.80. The minimum atomic E-state index is -1.67. The summed E-state index contributed by atoms with van der Waals surface area (Å²) in [7, 11) is 1.56. The summed E-state index contributed by atoms with van der Waals surface area (Å²) in [6.45, 7) is 2.53. The van der Waals surface area contributed by atoms with Gasteiger partial charge in [-0.15, -0.1) is 0 Å². The second-order valence-electron chi connectivity index (χ2n) is 8.90. The SMILES string of the molecule is COc1cc([C@H]2C3=C(CC[C@@H](C)C3)C(C#N)=C(N)C2(C#N)C#N)ccc1OCc1ccccc1. The molecule has 6 nitrogen and oxygen atoms in total. The molecule has 2 aromatic carbocycles. The molecule has 0 fully saturated rings. The van der Waals surface area contributed by atoms with Crippen LogP contribution in [0.15, 0.2) is 70.9 Å². The van der Waals surface area contributed by atoms with Crippen LogP contribution in [0.2, 0.25) is 0 Å². The van der Waals surface area contributed by atoms with Gasteiger partial charge in [-0.25, -0.2) is 0 Å². The fourth-order valence-corrected chi connectivity index (χ4v) is 5.08. The first kappa shape index (κ1) is 23.0. The number of methoxy groups -OCH3 is 1. The molecule has 0 radical (unpaired) electrons. The van der Waals surface area contributed by atoms with Crippen LogP contribution in [0.1, 0.15) is 43.2 Å². The van der Waals surface area contributed by atoms with Crippen LogP contribution in [-0.4, -0.2) is 7.11 Å². The zero-order valence-electron chi connectivity index (χ0n) is 19.3. The normalized spacial score (nSPS) is 21.0. The van der Waals surface area contributed by atoms with Gasteiger partial charge >= 0.3 is 0 Å². The Morgan fingerprint density at radius 2 is 1.79 bits per heavy atom. The van der Waals surface area contributed by atoms with E-state index in [0.29, 0.717) is 36.9 Å². The van der Waals surface area contributed by atoms with Gasteiger partial charge in [-0.1, -0.05) is 48.9 Å². The van der Waals surface area contributed by atoms with Gasteiger partial charge in [-0.2, -0.15) is 15.8 Å². The van der Waals surface area contributed by atoms with Gasteiger partial charge in [0.25, 0.3) is 0 Å². The van der Waals surface area contributed by atoms with Crippen LogP contribution in [0, 0.1) is 45.3 Å². The average Bonchev–Trinajstić information content (AvgIpc) is 2.87. The standard InChI is InChI=1S/C28H26N4O2/c1-18-8-10-21-22(12-18)26(28(16-30,17-31)27(32)23(21)14-29)20-9-11-24(25(13-20)33-2)34-15-19-6-4-3-5-7-19/h3-7,9,11,13,18,26H,8,10,12,15,32H2,1-2H3/t18-,26+/m1/s1. The zero-order chi connectivity index (χ0) is 24.3. The Morgan fingerprint density at radius 3 is 2.44 bits per heavy atom. The number of nitrogens with zero attached hydrogens (tertiary/aromatic N) is 3. The number of allylic oxidation sites excluding steroid dienone is 4. The quantitative estimate of drug-likeness (QED) is 0.664. The van der Waals surface area contributed by atoms with Gasteiger partial charge in [0.2, 0.25) is 0 Å². The fourth-order valence-electron chi connectivity index (χ4n) is 5.08. The van der Waals surface area contributed by atoms with Gasteiger partial charge in [0, 0.05) is 5.92 Å². The van der Waals surface area contributed by atoms with E-state index in [1.54, 1.807) is 7.11 Å². The van der Waals surface area contributed by atoms with Crippen LogP contribution in [0.4, 0.5) is 0 Å². The largest absolute Gasteiger partial charge is 0.493 e. The van der Waals surface area contributed by atoms with Gasteiger partial charge < -0.3 is 15.2 Å². The maximum Gasteiger partial charge on any atom is 0.194 e. The van der Waals surface area contributed by atoms with E-state index in [4.69, 9.17) is 15.2 Å². The number of ether oxygens (including phenoxy) is 2. The summed E-state index contributed by atoms with van der Waals surface area (Å²) in [5, 5.41) is 30.3. The predicted molar refractivity (Wildman–Crippen MR) is 127 cm³/mol. The zero-order valence-corrected chi connectivity index (χ0v) is 19.3. The van der Waals surface area contributed by atoms with Crippen molar-refractivity contribution in [3.8, 4) is 29.7 Å². The van der Waals surface area contributed by atoms with E-state index in [2.05, 4.69) is 25.1 Å². The van der Waals surface area contributed by atoms with Crippen molar-refractivity contribution in [3.63, 3.8) is 0 Å². The molecular weight excluding hydrogens is 424 g/mol. The van der Waals surface area contributed by atoms with Crippen LogP contribution in [0.3, 0.4) is 0 Å². The maximum absolute atomic E-state index is 10.2. The minimum absolute atomic E-state index is 0.0432. The van der Waals surface area contributed by atoms with Gasteiger partial charge in [0.05, 0.1) is 30.5 Å². The van der Waals surface area contributed by atoms with Gasteiger partial charge in [0.1, 0.15) is 12.7 Å². The molecule has 2 atom stereocenters. The molecule has 4 rings (SSSR count). The second-order valence-corrected chi connectivity index (χ2v) is 8.90. The molecule has 0 amide bonds. The summed E-state index contributed by atoms with van der Waals surface area (Å²) in [4.78, 5) is 0. The highest BCUT2D eigenvalue weighted by Crippen LogP contribution is 2.55. The van der Waals surface area contributed by atoms with Crippen molar-refractivity contribution in [2.24, 2.45) is 17.1 Å². The summed E-state index contributed by atoms with van der Waals surface area (Å²) < 4.78 is 11.6. The molecule has 0 unspecified atom stereocenters. The smallest absolute Gasteiger partial charge is 0.194 e. The van der Waals surface area contributed by atoms with Crippen LogP contribution in [0.5, 0.6) is 11.5 Å². The third kappa shape index (κ3) is 3.76. The third-order valence-corrected chi connectivity index (χ3v) is 6.84. The van der Waals surface area contributed by atoms with Crippen molar-refractivity contribution in [1.82, 2.24) is 0 Å². The number of hydrogen-bond donors (Lipinski definition) is 1. The molecule has 2 aromatic rings. The van der Waals surface area contributed by atoms with Crippen LogP contribution < -0.4 is 15.2 Å². The lowest BCUT2D eigenvalue weighted by atomic mass is 9.59. The highest BCUT2D eigenvalue weighted by molar-refractivity contribution is 5.63. The first-order valence-corrected chi connectivity index (χ1v) is 11.3. The highest BCUT2D eigenvalue weighted by atomic mass is 16.5.